The number of methoxy groups -OCH3 is 1. The Labute approximate surface area is 192 Å². The monoisotopic (exact) mass is 459 g/mol. The molecular formula is C23H29N3O5S. The van der Waals surface area contributed by atoms with E-state index in [4.69, 9.17) is 4.74 Å². The molecule has 9 heteroatoms. The molecule has 0 saturated heterocycles. The molecule has 8 nitrogen and oxygen atoms in total. The summed E-state index contributed by atoms with van der Waals surface area (Å²) in [5.74, 6) is -0.102. The van der Waals surface area contributed by atoms with Crippen LogP contribution in [0, 0.1) is 10.1 Å². The van der Waals surface area contributed by atoms with Crippen molar-refractivity contribution >= 4 is 35.0 Å². The third kappa shape index (κ3) is 7.88. The molecule has 0 saturated carbocycles. The molecule has 0 atom stereocenters. The molecule has 2 aromatic carbocycles. The van der Waals surface area contributed by atoms with E-state index < -0.39 is 10.8 Å². The Morgan fingerprint density at radius 2 is 1.84 bits per heavy atom. The summed E-state index contributed by atoms with van der Waals surface area (Å²) in [6, 6.07) is 11.1. The lowest BCUT2D eigenvalue weighted by Gasteiger charge is -2.10. The number of para-hydroxylation sites is 2. The first-order chi connectivity index (χ1) is 15.5. The van der Waals surface area contributed by atoms with Crippen LogP contribution in [-0.2, 0) is 4.79 Å². The Kier molecular flexibility index (Phi) is 10.5. The van der Waals surface area contributed by atoms with Gasteiger partial charge in [0.15, 0.2) is 0 Å². The maximum absolute atomic E-state index is 12.6. The highest BCUT2D eigenvalue weighted by atomic mass is 32.2. The zero-order valence-electron chi connectivity index (χ0n) is 18.4. The van der Waals surface area contributed by atoms with Gasteiger partial charge in [0, 0.05) is 18.2 Å². The van der Waals surface area contributed by atoms with E-state index in [1.165, 1.54) is 38.2 Å². The summed E-state index contributed by atoms with van der Waals surface area (Å²) in [5, 5.41) is 17.1. The number of anilines is 1. The summed E-state index contributed by atoms with van der Waals surface area (Å²) in [6.45, 7) is 2.75. The van der Waals surface area contributed by atoms with Gasteiger partial charge in [0.25, 0.3) is 11.6 Å². The zero-order chi connectivity index (χ0) is 23.3. The van der Waals surface area contributed by atoms with Crippen LogP contribution in [0.3, 0.4) is 0 Å². The van der Waals surface area contributed by atoms with Crippen molar-refractivity contribution in [3.05, 3.63) is 58.1 Å². The minimum Gasteiger partial charge on any atom is -0.495 e. The molecule has 172 valence electrons. The van der Waals surface area contributed by atoms with Gasteiger partial charge in [-0.1, -0.05) is 44.7 Å². The molecule has 2 N–H and O–H groups in total. The van der Waals surface area contributed by atoms with Gasteiger partial charge in [-0.15, -0.1) is 11.8 Å². The largest absolute Gasteiger partial charge is 0.495 e. The lowest BCUT2D eigenvalue weighted by molar-refractivity contribution is -0.387. The molecular weight excluding hydrogens is 430 g/mol. The number of nitro groups is 1. The fourth-order valence-corrected chi connectivity index (χ4v) is 3.85. The van der Waals surface area contributed by atoms with Crippen molar-refractivity contribution in [3.8, 4) is 5.75 Å². The first kappa shape index (κ1) is 25.2. The zero-order valence-corrected chi connectivity index (χ0v) is 19.2. The number of carbonyl (C=O) groups excluding carboxylic acids is 2. The lowest BCUT2D eigenvalue weighted by atomic mass is 10.1. The highest BCUT2D eigenvalue weighted by molar-refractivity contribution is 8.00. The second-order valence-corrected chi connectivity index (χ2v) is 8.16. The van der Waals surface area contributed by atoms with Crippen molar-refractivity contribution in [2.75, 3.05) is 24.7 Å². The van der Waals surface area contributed by atoms with Crippen LogP contribution >= 0.6 is 11.8 Å². The number of ether oxygens (including phenoxy) is 1. The van der Waals surface area contributed by atoms with Crippen LogP contribution in [0.25, 0.3) is 0 Å². The summed E-state index contributed by atoms with van der Waals surface area (Å²) in [4.78, 5) is 36.0. The number of nitro benzene ring substituents is 1. The van der Waals surface area contributed by atoms with Gasteiger partial charge >= 0.3 is 0 Å². The Morgan fingerprint density at radius 3 is 2.56 bits per heavy atom. The molecule has 2 rings (SSSR count). The smallest absolute Gasteiger partial charge is 0.283 e. The predicted molar refractivity (Wildman–Crippen MR) is 127 cm³/mol. The number of rotatable bonds is 13. The van der Waals surface area contributed by atoms with Gasteiger partial charge in [0.1, 0.15) is 5.75 Å². The van der Waals surface area contributed by atoms with Crippen LogP contribution in [0.1, 0.15) is 49.4 Å². The predicted octanol–water partition coefficient (Wildman–Crippen LogP) is 5.03. The number of thioether (sulfide) groups is 1. The van der Waals surface area contributed by atoms with Crippen molar-refractivity contribution in [3.63, 3.8) is 0 Å². The average molecular weight is 460 g/mol. The molecule has 2 aromatic rings. The minimum atomic E-state index is -0.548. The van der Waals surface area contributed by atoms with Gasteiger partial charge < -0.3 is 15.4 Å². The Bertz CT molecular complexity index is 936. The molecule has 0 aliphatic rings. The van der Waals surface area contributed by atoms with Gasteiger partial charge in [-0.05, 0) is 30.7 Å². The van der Waals surface area contributed by atoms with E-state index in [0.29, 0.717) is 22.9 Å². The Hall–Kier alpha value is -3.07. The normalized spacial score (nSPS) is 10.4. The number of benzene rings is 2. The van der Waals surface area contributed by atoms with Crippen LogP contribution in [0.5, 0.6) is 5.75 Å². The van der Waals surface area contributed by atoms with Crippen LogP contribution in [0.2, 0.25) is 0 Å². The molecule has 0 fully saturated rings. The fraction of sp³-hybridized carbons (Fsp3) is 0.391. The molecule has 0 aliphatic carbocycles. The molecule has 0 bridgehead atoms. The molecule has 0 heterocycles. The summed E-state index contributed by atoms with van der Waals surface area (Å²) in [7, 11) is 1.49. The van der Waals surface area contributed by atoms with Gasteiger partial charge in [-0.2, -0.15) is 0 Å². The number of nitrogens with zero attached hydrogens (tertiary/aromatic N) is 1. The van der Waals surface area contributed by atoms with Crippen LogP contribution < -0.4 is 15.4 Å². The van der Waals surface area contributed by atoms with Gasteiger partial charge in [-0.25, -0.2) is 0 Å². The number of amides is 2. The Balaban J connectivity index is 1.96. The minimum absolute atomic E-state index is 0.0720. The molecule has 0 spiro atoms. The van der Waals surface area contributed by atoms with E-state index in [0.717, 1.165) is 31.0 Å². The van der Waals surface area contributed by atoms with E-state index in [1.54, 1.807) is 24.3 Å². The van der Waals surface area contributed by atoms with Gasteiger partial charge in [-0.3, -0.25) is 19.7 Å². The van der Waals surface area contributed by atoms with E-state index in [1.807, 2.05) is 0 Å². The molecule has 0 aliphatic heterocycles. The van der Waals surface area contributed by atoms with Crippen LogP contribution in [-0.4, -0.2) is 36.1 Å². The number of hydrogen-bond donors (Lipinski definition) is 2. The van der Waals surface area contributed by atoms with Crippen molar-refractivity contribution in [1.82, 2.24) is 5.32 Å². The van der Waals surface area contributed by atoms with Crippen LogP contribution in [0.15, 0.2) is 47.4 Å². The summed E-state index contributed by atoms with van der Waals surface area (Å²) >= 11 is 1.08. The topological polar surface area (TPSA) is 111 Å². The first-order valence-electron chi connectivity index (χ1n) is 10.6. The van der Waals surface area contributed by atoms with Crippen molar-refractivity contribution in [2.24, 2.45) is 0 Å². The third-order valence-corrected chi connectivity index (χ3v) is 5.80. The van der Waals surface area contributed by atoms with E-state index in [9.17, 15) is 19.7 Å². The molecule has 32 heavy (non-hydrogen) atoms. The maximum atomic E-state index is 12.6. The average Bonchev–Trinajstić information content (AvgIpc) is 2.80. The van der Waals surface area contributed by atoms with Crippen LogP contribution in [0.4, 0.5) is 11.4 Å². The van der Waals surface area contributed by atoms with E-state index >= 15 is 0 Å². The molecule has 0 unspecified atom stereocenters. The maximum Gasteiger partial charge on any atom is 0.283 e. The lowest BCUT2D eigenvalue weighted by Crippen LogP contribution is -2.26. The van der Waals surface area contributed by atoms with Crippen molar-refractivity contribution in [2.45, 2.75) is 43.9 Å². The third-order valence-electron chi connectivity index (χ3n) is 4.73. The second-order valence-electron chi connectivity index (χ2n) is 7.15. The number of nitrogens with one attached hydrogen (secondary N) is 2. The summed E-state index contributed by atoms with van der Waals surface area (Å²) in [6.07, 6.45) is 5.52. The molecule has 2 amide bonds. The number of carbonyl (C=O) groups is 2. The number of unbranched alkanes of at least 4 members (excludes halogenated alkanes) is 4. The highest BCUT2D eigenvalue weighted by Gasteiger charge is 2.19. The quantitative estimate of drug-likeness (QED) is 0.188. The Morgan fingerprint density at radius 1 is 1.09 bits per heavy atom. The van der Waals surface area contributed by atoms with Crippen molar-refractivity contribution in [1.29, 1.82) is 0 Å². The SMILES string of the molecule is CCCCCCCNC(=O)CSc1ccc(C(=O)Nc2ccccc2OC)cc1[N+](=O)[O-]. The second kappa shape index (κ2) is 13.4. The highest BCUT2D eigenvalue weighted by Crippen LogP contribution is 2.31. The fourth-order valence-electron chi connectivity index (χ4n) is 3.02. The van der Waals surface area contributed by atoms with Crippen molar-refractivity contribution < 1.29 is 19.2 Å². The van der Waals surface area contributed by atoms with E-state index in [2.05, 4.69) is 17.6 Å². The van der Waals surface area contributed by atoms with Gasteiger partial charge in [0.05, 0.1) is 28.4 Å². The number of hydrogen-bond acceptors (Lipinski definition) is 6. The van der Waals surface area contributed by atoms with E-state index in [-0.39, 0.29) is 22.9 Å². The summed E-state index contributed by atoms with van der Waals surface area (Å²) in [5.41, 5.74) is 0.394. The summed E-state index contributed by atoms with van der Waals surface area (Å²) < 4.78 is 5.21. The molecule has 0 aromatic heterocycles. The first-order valence-corrected chi connectivity index (χ1v) is 11.6. The molecule has 0 radical (unpaired) electrons. The standard InChI is InChI=1S/C23H29N3O5S/c1-3-4-5-6-9-14-24-22(27)16-32-21-13-12-17(15-19(21)26(29)30)23(28)25-18-10-7-8-11-20(18)31-2/h7-8,10-13,15H,3-6,9,14,16H2,1-2H3,(H,24,27)(H,25,28). The van der Waals surface area contributed by atoms with Gasteiger partial charge in [0.2, 0.25) is 5.91 Å².